The molecule has 2 amide bonds. The molecule has 9 nitrogen and oxygen atoms in total. The maximum absolute atomic E-state index is 13.7. The first-order valence-electron chi connectivity index (χ1n) is 12.2. The molecule has 1 heterocycles. The second-order valence-corrected chi connectivity index (χ2v) is 12.4. The van der Waals surface area contributed by atoms with Crippen molar-refractivity contribution in [1.29, 1.82) is 0 Å². The summed E-state index contributed by atoms with van der Waals surface area (Å²) < 4.78 is 79.4. The Labute approximate surface area is 225 Å². The lowest BCUT2D eigenvalue weighted by Crippen LogP contribution is -2.45. The zero-order chi connectivity index (χ0) is 29.2. The van der Waals surface area contributed by atoms with Crippen LogP contribution in [0, 0.1) is 5.92 Å². The Hall–Kier alpha value is -3.48. The Morgan fingerprint density at radius 3 is 2.44 bits per heavy atom. The Morgan fingerprint density at radius 1 is 1.13 bits per heavy atom. The minimum absolute atomic E-state index is 0.0141. The number of fused-ring (bicyclic) bond motifs is 1. The predicted octanol–water partition coefficient (Wildman–Crippen LogP) is 5.17. The van der Waals surface area contributed by atoms with Gasteiger partial charge in [0.2, 0.25) is 5.91 Å². The van der Waals surface area contributed by atoms with Crippen LogP contribution in [0.5, 0.6) is 5.75 Å². The smallest absolute Gasteiger partial charge is 0.416 e. The third-order valence-electron chi connectivity index (χ3n) is 5.41. The third-order valence-corrected chi connectivity index (χ3v) is 7.18. The van der Waals surface area contributed by atoms with Gasteiger partial charge in [0, 0.05) is 12.2 Å². The van der Waals surface area contributed by atoms with E-state index in [4.69, 9.17) is 9.47 Å². The zero-order valence-electron chi connectivity index (χ0n) is 22.3. The van der Waals surface area contributed by atoms with E-state index in [-0.39, 0.29) is 41.9 Å². The van der Waals surface area contributed by atoms with Gasteiger partial charge in [-0.2, -0.15) is 13.2 Å². The summed E-state index contributed by atoms with van der Waals surface area (Å²) in [6.07, 6.45) is -6.64. The molecule has 0 radical (unpaired) electrons. The lowest BCUT2D eigenvalue weighted by atomic mass is 10.1. The van der Waals surface area contributed by atoms with E-state index in [0.29, 0.717) is 12.6 Å². The number of nitrogens with one attached hydrogen (secondary N) is 2. The van der Waals surface area contributed by atoms with Gasteiger partial charge in [0.05, 0.1) is 29.1 Å². The maximum atomic E-state index is 13.7. The molecule has 0 saturated heterocycles. The summed E-state index contributed by atoms with van der Waals surface area (Å²) in [5, 5.41) is 5.25. The fourth-order valence-electron chi connectivity index (χ4n) is 3.70. The van der Waals surface area contributed by atoms with Gasteiger partial charge < -0.3 is 14.8 Å². The topological polar surface area (TPSA) is 114 Å². The molecule has 13 heteroatoms. The molecule has 0 fully saturated rings. The molecule has 1 aliphatic rings. The Morgan fingerprint density at radius 2 is 1.82 bits per heavy atom. The lowest BCUT2D eigenvalue weighted by Gasteiger charge is -2.35. The van der Waals surface area contributed by atoms with E-state index < -0.39 is 44.5 Å². The van der Waals surface area contributed by atoms with Gasteiger partial charge in [-0.05, 0) is 63.1 Å². The first-order valence-corrected chi connectivity index (χ1v) is 13.7. The molecule has 0 bridgehead atoms. The van der Waals surface area contributed by atoms with Crippen LogP contribution < -0.4 is 19.7 Å². The van der Waals surface area contributed by atoms with E-state index in [9.17, 15) is 31.2 Å². The molecule has 2 N–H and O–H groups in total. The average Bonchev–Trinajstić information content (AvgIpc) is 2.80. The van der Waals surface area contributed by atoms with Crippen molar-refractivity contribution in [1.82, 2.24) is 5.32 Å². The molecule has 3 rings (SSSR count). The SMILES string of the molecule is CC(C)CNC(=O)C[C@H]1CN(S(=O)(=O)c2cccc(C(F)(F)F)c2)c2cc(NC(=O)OC(C)(C)C)ccc2O1. The minimum Gasteiger partial charge on any atom is -0.486 e. The van der Waals surface area contributed by atoms with E-state index in [1.165, 1.54) is 18.2 Å². The van der Waals surface area contributed by atoms with Crippen LogP contribution in [0.25, 0.3) is 0 Å². The fourth-order valence-corrected chi connectivity index (χ4v) is 5.25. The highest BCUT2D eigenvalue weighted by Gasteiger charge is 2.38. The van der Waals surface area contributed by atoms with Crippen molar-refractivity contribution >= 4 is 33.4 Å². The van der Waals surface area contributed by atoms with Crippen LogP contribution in [0.15, 0.2) is 47.4 Å². The molecule has 0 spiro atoms. The summed E-state index contributed by atoms with van der Waals surface area (Å²) in [6.45, 7) is 8.92. The molecule has 1 aliphatic heterocycles. The minimum atomic E-state index is -4.75. The van der Waals surface area contributed by atoms with Crippen LogP contribution in [0.4, 0.5) is 29.3 Å². The molecule has 214 valence electrons. The number of ether oxygens (including phenoxy) is 2. The monoisotopic (exact) mass is 571 g/mol. The first-order chi connectivity index (χ1) is 18.0. The molecule has 2 aromatic rings. The number of hydrogen-bond donors (Lipinski definition) is 2. The number of hydrogen-bond acceptors (Lipinski definition) is 6. The largest absolute Gasteiger partial charge is 0.486 e. The zero-order valence-corrected chi connectivity index (χ0v) is 23.1. The van der Waals surface area contributed by atoms with Gasteiger partial charge in [0.25, 0.3) is 10.0 Å². The lowest BCUT2D eigenvalue weighted by molar-refractivity contribution is -0.137. The van der Waals surface area contributed by atoms with E-state index in [1.54, 1.807) is 20.8 Å². The van der Waals surface area contributed by atoms with Crippen LogP contribution in [0.3, 0.4) is 0 Å². The second-order valence-electron chi connectivity index (χ2n) is 10.5. The van der Waals surface area contributed by atoms with Crippen molar-refractivity contribution in [3.05, 3.63) is 48.0 Å². The molecule has 39 heavy (non-hydrogen) atoms. The van der Waals surface area contributed by atoms with Crippen LogP contribution in [0.1, 0.15) is 46.6 Å². The van der Waals surface area contributed by atoms with Crippen molar-refractivity contribution in [3.63, 3.8) is 0 Å². The van der Waals surface area contributed by atoms with Gasteiger partial charge >= 0.3 is 12.3 Å². The van der Waals surface area contributed by atoms with Gasteiger partial charge in [-0.3, -0.25) is 14.4 Å². The molecule has 2 aromatic carbocycles. The number of anilines is 2. The van der Waals surface area contributed by atoms with Gasteiger partial charge in [-0.25, -0.2) is 13.2 Å². The van der Waals surface area contributed by atoms with Crippen molar-refractivity contribution in [3.8, 4) is 5.75 Å². The number of nitrogens with zero attached hydrogens (tertiary/aromatic N) is 1. The Bertz CT molecular complexity index is 1320. The van der Waals surface area contributed by atoms with Gasteiger partial charge in [-0.1, -0.05) is 19.9 Å². The predicted molar refractivity (Wildman–Crippen MR) is 139 cm³/mol. The number of carbonyl (C=O) groups excluding carboxylic acids is 2. The quantitative estimate of drug-likeness (QED) is 0.474. The molecule has 0 aromatic heterocycles. The normalized spacial score (nSPS) is 15.8. The molecule has 0 unspecified atom stereocenters. The van der Waals surface area contributed by atoms with Crippen LogP contribution in [-0.4, -0.2) is 45.2 Å². The van der Waals surface area contributed by atoms with Crippen LogP contribution >= 0.6 is 0 Å². The van der Waals surface area contributed by atoms with E-state index >= 15 is 0 Å². The van der Waals surface area contributed by atoms with Crippen molar-refractivity contribution < 1.29 is 40.7 Å². The van der Waals surface area contributed by atoms with E-state index in [1.807, 2.05) is 13.8 Å². The molecule has 0 aliphatic carbocycles. The number of amides is 2. The molecule has 1 atom stereocenters. The van der Waals surface area contributed by atoms with Gasteiger partial charge in [0.1, 0.15) is 17.5 Å². The maximum Gasteiger partial charge on any atom is 0.416 e. The summed E-state index contributed by atoms with van der Waals surface area (Å²) in [4.78, 5) is 24.1. The Kier molecular flexibility index (Phi) is 8.73. The molecule has 0 saturated carbocycles. The highest BCUT2D eigenvalue weighted by Crippen LogP contribution is 2.40. The Balaban J connectivity index is 2.00. The number of carbonyl (C=O) groups is 2. The molecular weight excluding hydrogens is 539 g/mol. The van der Waals surface area contributed by atoms with Crippen molar-refractivity contribution in [2.45, 2.75) is 63.8 Å². The number of sulfonamides is 1. The van der Waals surface area contributed by atoms with Crippen molar-refractivity contribution in [2.75, 3.05) is 22.7 Å². The molecular formula is C26H32F3N3O6S. The van der Waals surface area contributed by atoms with Crippen molar-refractivity contribution in [2.24, 2.45) is 5.92 Å². The number of alkyl halides is 3. The van der Waals surface area contributed by atoms with Crippen LogP contribution in [0.2, 0.25) is 0 Å². The second kappa shape index (κ2) is 11.3. The number of halogens is 3. The standard InChI is InChI=1S/C26H32F3N3O6S/c1-16(2)14-30-23(33)13-19-15-32(39(35,36)20-8-6-7-17(11-20)26(27,28)29)21-12-18(9-10-22(21)37-19)31-24(34)38-25(3,4)5/h6-12,16,19H,13-15H2,1-5H3,(H,30,33)(H,31,34)/t19-/m0/s1. The summed E-state index contributed by atoms with van der Waals surface area (Å²) in [7, 11) is -4.55. The summed E-state index contributed by atoms with van der Waals surface area (Å²) in [5.41, 5.74) is -1.75. The first kappa shape index (κ1) is 30.1. The highest BCUT2D eigenvalue weighted by atomic mass is 32.2. The highest BCUT2D eigenvalue weighted by molar-refractivity contribution is 7.92. The van der Waals surface area contributed by atoms with E-state index in [2.05, 4.69) is 10.6 Å². The summed E-state index contributed by atoms with van der Waals surface area (Å²) >= 11 is 0. The summed E-state index contributed by atoms with van der Waals surface area (Å²) in [5.74, 6) is -0.0967. The average molecular weight is 572 g/mol. The fraction of sp³-hybridized carbons (Fsp3) is 0.462. The van der Waals surface area contributed by atoms with Gasteiger partial charge in [-0.15, -0.1) is 0 Å². The number of benzene rings is 2. The third kappa shape index (κ3) is 8.01. The van der Waals surface area contributed by atoms with E-state index in [0.717, 1.165) is 22.5 Å². The van der Waals surface area contributed by atoms with Crippen LogP contribution in [-0.2, 0) is 25.7 Å². The van der Waals surface area contributed by atoms with Gasteiger partial charge in [0.15, 0.2) is 0 Å². The summed E-state index contributed by atoms with van der Waals surface area (Å²) in [6, 6.07) is 7.59. The number of rotatable bonds is 7.